The van der Waals surface area contributed by atoms with Crippen molar-refractivity contribution in [2.75, 3.05) is 0 Å². The summed E-state index contributed by atoms with van der Waals surface area (Å²) in [5, 5.41) is 20.2. The molecule has 2 rings (SSSR count). The van der Waals surface area contributed by atoms with Crippen LogP contribution in [-0.4, -0.2) is 20.0 Å². The molecule has 0 saturated heterocycles. The first kappa shape index (κ1) is 10.2. The maximum absolute atomic E-state index is 8.29. The molecule has 0 saturated carbocycles. The monoisotopic (exact) mass is 229 g/mol. The first-order chi connectivity index (χ1) is 7.79. The Bertz CT molecular complexity index is 597. The second kappa shape index (κ2) is 4.43. The third kappa shape index (κ3) is 2.17. The van der Waals surface area contributed by atoms with Crippen molar-refractivity contribution in [2.24, 2.45) is 0 Å². The molecule has 6 heteroatoms. The lowest BCUT2D eigenvalue weighted by Crippen LogP contribution is -1.98. The van der Waals surface area contributed by atoms with Crippen LogP contribution in [0.1, 0.15) is 5.56 Å². The maximum Gasteiger partial charge on any atom is 0.175 e. The minimum Gasteiger partial charge on any atom is -0.220 e. The Balaban J connectivity index is 2.32. The average Bonchev–Trinajstić information content (AvgIpc) is 2.76. The molecule has 0 atom stereocenters. The number of nitriles is 1. The summed E-state index contributed by atoms with van der Waals surface area (Å²) in [6.45, 7) is 0. The van der Waals surface area contributed by atoms with Gasteiger partial charge in [-0.25, -0.2) is 4.68 Å². The highest BCUT2D eigenvalue weighted by Crippen LogP contribution is 2.06. The van der Waals surface area contributed by atoms with E-state index in [2.05, 4.69) is 27.1 Å². The molecule has 0 aromatic carbocycles. The Kier molecular flexibility index (Phi) is 2.81. The maximum atomic E-state index is 8.29. The molecule has 0 fully saturated rings. The average molecular weight is 230 g/mol. The smallest absolute Gasteiger partial charge is 0.175 e. The number of halogens is 1. The van der Waals surface area contributed by atoms with Gasteiger partial charge in [0.2, 0.25) is 0 Å². The van der Waals surface area contributed by atoms with E-state index in [0.717, 1.165) is 0 Å². The molecule has 5 nitrogen and oxygen atoms in total. The van der Waals surface area contributed by atoms with E-state index in [1.165, 1.54) is 4.68 Å². The normalized spacial score (nSPS) is 9.00. The summed E-state index contributed by atoms with van der Waals surface area (Å²) >= 11 is 5.61. The molecule has 2 aromatic rings. The van der Waals surface area contributed by atoms with Crippen molar-refractivity contribution in [2.45, 2.75) is 0 Å². The van der Waals surface area contributed by atoms with Gasteiger partial charge in [0.15, 0.2) is 17.0 Å². The van der Waals surface area contributed by atoms with Gasteiger partial charge < -0.3 is 0 Å². The van der Waals surface area contributed by atoms with Gasteiger partial charge in [-0.2, -0.15) is 10.4 Å². The minimum absolute atomic E-state index is 0.320. The Labute approximate surface area is 96.3 Å². The van der Waals surface area contributed by atoms with Crippen molar-refractivity contribution in [3.8, 4) is 23.7 Å². The molecule has 16 heavy (non-hydrogen) atoms. The van der Waals surface area contributed by atoms with Crippen LogP contribution in [0.4, 0.5) is 0 Å². The van der Waals surface area contributed by atoms with Gasteiger partial charge in [0.1, 0.15) is 0 Å². The zero-order valence-corrected chi connectivity index (χ0v) is 8.68. The van der Waals surface area contributed by atoms with E-state index in [1.54, 1.807) is 30.6 Å². The van der Waals surface area contributed by atoms with E-state index in [-0.39, 0.29) is 0 Å². The van der Waals surface area contributed by atoms with Gasteiger partial charge in [0, 0.05) is 12.1 Å². The van der Waals surface area contributed by atoms with Crippen molar-refractivity contribution in [1.29, 1.82) is 5.26 Å². The molecule has 0 aliphatic rings. The lowest BCUT2D eigenvalue weighted by molar-refractivity contribution is 0.814. The molecule has 0 radical (unpaired) electrons. The van der Waals surface area contributed by atoms with Gasteiger partial charge in [-0.1, -0.05) is 11.6 Å². The molecular weight excluding hydrogens is 226 g/mol. The zero-order chi connectivity index (χ0) is 11.4. The van der Waals surface area contributed by atoms with Gasteiger partial charge in [-0.3, -0.25) is 0 Å². The standard InChI is InChI=1S/C10H4ClN5/c11-9-3-4-10(15-14-9)16-7-8(6-13-16)2-1-5-12/h3-4,6-7H. The zero-order valence-electron chi connectivity index (χ0n) is 7.92. The Morgan fingerprint density at radius 3 is 2.88 bits per heavy atom. The molecule has 0 spiro atoms. The van der Waals surface area contributed by atoms with Crippen LogP contribution in [0, 0.1) is 23.2 Å². The van der Waals surface area contributed by atoms with Gasteiger partial charge in [-0.05, 0) is 18.1 Å². The summed E-state index contributed by atoms with van der Waals surface area (Å²) in [4.78, 5) is 0. The van der Waals surface area contributed by atoms with Crippen LogP contribution in [0.5, 0.6) is 0 Å². The van der Waals surface area contributed by atoms with Crippen LogP contribution >= 0.6 is 11.6 Å². The minimum atomic E-state index is 0.320. The van der Waals surface area contributed by atoms with Crippen molar-refractivity contribution in [1.82, 2.24) is 20.0 Å². The quantitative estimate of drug-likeness (QED) is 0.689. The lowest BCUT2D eigenvalue weighted by Gasteiger charge is -1.96. The van der Waals surface area contributed by atoms with Crippen LogP contribution in [0.25, 0.3) is 5.82 Å². The van der Waals surface area contributed by atoms with E-state index in [4.69, 9.17) is 16.9 Å². The van der Waals surface area contributed by atoms with E-state index < -0.39 is 0 Å². The summed E-state index contributed by atoms with van der Waals surface area (Å²) in [6.07, 6.45) is 3.20. The first-order valence-corrected chi connectivity index (χ1v) is 4.62. The SMILES string of the molecule is N#CC#Cc1cnn(-c2ccc(Cl)nn2)c1. The molecule has 0 aliphatic carbocycles. The molecular formula is C10H4ClN5. The predicted octanol–water partition coefficient (Wildman–Crippen LogP) is 1.19. The van der Waals surface area contributed by atoms with Crippen molar-refractivity contribution in [3.63, 3.8) is 0 Å². The Hall–Kier alpha value is -2.37. The molecule has 0 unspecified atom stereocenters. The number of aromatic nitrogens is 4. The first-order valence-electron chi connectivity index (χ1n) is 4.24. The van der Waals surface area contributed by atoms with Crippen LogP contribution in [-0.2, 0) is 0 Å². The molecule has 0 N–H and O–H groups in total. The van der Waals surface area contributed by atoms with Crippen molar-refractivity contribution >= 4 is 11.6 Å². The van der Waals surface area contributed by atoms with Gasteiger partial charge in [0.05, 0.1) is 11.8 Å². The van der Waals surface area contributed by atoms with Crippen molar-refractivity contribution < 1.29 is 0 Å². The largest absolute Gasteiger partial charge is 0.220 e. The Morgan fingerprint density at radius 1 is 1.31 bits per heavy atom. The molecule has 2 aromatic heterocycles. The third-order valence-electron chi connectivity index (χ3n) is 1.70. The molecule has 0 bridgehead atoms. The van der Waals surface area contributed by atoms with E-state index in [1.807, 2.05) is 0 Å². The van der Waals surface area contributed by atoms with E-state index in [0.29, 0.717) is 16.5 Å². The van der Waals surface area contributed by atoms with Crippen LogP contribution in [0.15, 0.2) is 24.5 Å². The molecule has 0 amide bonds. The number of rotatable bonds is 1. The number of hydrogen-bond acceptors (Lipinski definition) is 4. The van der Waals surface area contributed by atoms with E-state index in [9.17, 15) is 0 Å². The lowest BCUT2D eigenvalue weighted by atomic mass is 10.4. The fraction of sp³-hybridized carbons (Fsp3) is 0. The van der Waals surface area contributed by atoms with Gasteiger partial charge >= 0.3 is 0 Å². The fourth-order valence-electron chi connectivity index (χ4n) is 1.04. The summed E-state index contributed by atoms with van der Waals surface area (Å²) in [6, 6.07) is 5.03. The van der Waals surface area contributed by atoms with Crippen LogP contribution in [0.2, 0.25) is 5.15 Å². The highest BCUT2D eigenvalue weighted by Gasteiger charge is 2.00. The second-order valence-corrected chi connectivity index (χ2v) is 3.14. The molecule has 0 aliphatic heterocycles. The Morgan fingerprint density at radius 2 is 2.19 bits per heavy atom. The fourth-order valence-corrected chi connectivity index (χ4v) is 1.14. The van der Waals surface area contributed by atoms with E-state index >= 15 is 0 Å². The summed E-state index contributed by atoms with van der Waals surface area (Å²) in [5.41, 5.74) is 0.637. The summed E-state index contributed by atoms with van der Waals surface area (Å²) in [5.74, 6) is 5.45. The van der Waals surface area contributed by atoms with Crippen LogP contribution < -0.4 is 0 Å². The van der Waals surface area contributed by atoms with Crippen LogP contribution in [0.3, 0.4) is 0 Å². The summed E-state index contributed by atoms with van der Waals surface area (Å²) < 4.78 is 1.50. The third-order valence-corrected chi connectivity index (χ3v) is 1.90. The predicted molar refractivity (Wildman–Crippen MR) is 56.7 cm³/mol. The van der Waals surface area contributed by atoms with Crippen molar-refractivity contribution in [3.05, 3.63) is 35.2 Å². The highest BCUT2D eigenvalue weighted by molar-refractivity contribution is 6.29. The topological polar surface area (TPSA) is 67.4 Å². The van der Waals surface area contributed by atoms with Gasteiger partial charge in [0.25, 0.3) is 0 Å². The van der Waals surface area contributed by atoms with Gasteiger partial charge in [-0.15, -0.1) is 10.2 Å². The highest BCUT2D eigenvalue weighted by atomic mass is 35.5. The molecule has 2 heterocycles. The summed E-state index contributed by atoms with van der Waals surface area (Å²) in [7, 11) is 0. The second-order valence-electron chi connectivity index (χ2n) is 2.75. The number of nitrogens with zero attached hydrogens (tertiary/aromatic N) is 5. The molecule has 76 valence electrons. The number of hydrogen-bond donors (Lipinski definition) is 0.